The maximum atomic E-state index is 12.9. The molecule has 4 saturated heterocycles. The lowest BCUT2D eigenvalue weighted by atomic mass is 9.53. The lowest BCUT2D eigenvalue weighted by Gasteiger charge is -2.51. The van der Waals surface area contributed by atoms with E-state index in [-0.39, 0.29) is 23.6 Å². The third-order valence-corrected chi connectivity index (χ3v) is 10.00. The van der Waals surface area contributed by atoms with Crippen molar-refractivity contribution < 1.29 is 14.3 Å². The Morgan fingerprint density at radius 2 is 1.80 bits per heavy atom. The standard InChI is InChI=1S/C25H40N2O3/c1-24-8-5-9-25(17-29-25)22(24)14-19-20(23(28)30-21(19)15-24)16-26-12-6-18(7-13-26)27-10-3-2-4-11-27/h18-22H,2-17H2,1H3/t19-,20?,21-,22?,24-,25?/m1/s1. The second kappa shape index (κ2) is 7.45. The van der Waals surface area contributed by atoms with Crippen molar-refractivity contribution >= 4 is 5.97 Å². The zero-order valence-electron chi connectivity index (χ0n) is 18.8. The monoisotopic (exact) mass is 416 g/mol. The second-order valence-electron chi connectivity index (χ2n) is 11.7. The van der Waals surface area contributed by atoms with Gasteiger partial charge in [0.15, 0.2) is 0 Å². The summed E-state index contributed by atoms with van der Waals surface area (Å²) in [7, 11) is 0. The molecule has 6 rings (SSSR count). The van der Waals surface area contributed by atoms with Gasteiger partial charge < -0.3 is 19.3 Å². The number of carbonyl (C=O) groups is 1. The first-order valence-electron chi connectivity index (χ1n) is 12.9. The summed E-state index contributed by atoms with van der Waals surface area (Å²) in [5.74, 6) is 1.22. The van der Waals surface area contributed by atoms with Crippen molar-refractivity contribution in [1.29, 1.82) is 0 Å². The van der Waals surface area contributed by atoms with Gasteiger partial charge in [0.2, 0.25) is 0 Å². The molecule has 2 aliphatic carbocycles. The molecule has 0 amide bonds. The Kier molecular flexibility index (Phi) is 4.97. The summed E-state index contributed by atoms with van der Waals surface area (Å²) in [6.07, 6.45) is 12.8. The van der Waals surface area contributed by atoms with Gasteiger partial charge in [-0.15, -0.1) is 0 Å². The van der Waals surface area contributed by atoms with Crippen LogP contribution in [0.1, 0.15) is 71.1 Å². The van der Waals surface area contributed by atoms with Crippen LogP contribution in [0.25, 0.3) is 0 Å². The summed E-state index contributed by atoms with van der Waals surface area (Å²) in [4.78, 5) is 18.2. The van der Waals surface area contributed by atoms with E-state index in [4.69, 9.17) is 9.47 Å². The number of hydrogen-bond donors (Lipinski definition) is 0. The third kappa shape index (κ3) is 3.34. The van der Waals surface area contributed by atoms with Crippen LogP contribution in [-0.2, 0) is 14.3 Å². The molecule has 4 aliphatic heterocycles. The van der Waals surface area contributed by atoms with Gasteiger partial charge in [0, 0.05) is 18.5 Å². The number of ether oxygens (including phenoxy) is 2. The second-order valence-corrected chi connectivity index (χ2v) is 11.7. The number of rotatable bonds is 3. The molecular formula is C25H40N2O3. The maximum absolute atomic E-state index is 12.9. The van der Waals surface area contributed by atoms with E-state index in [9.17, 15) is 4.79 Å². The highest BCUT2D eigenvalue weighted by molar-refractivity contribution is 5.75. The van der Waals surface area contributed by atoms with E-state index in [0.29, 0.717) is 17.3 Å². The van der Waals surface area contributed by atoms with Gasteiger partial charge in [-0.05, 0) is 95.3 Å². The van der Waals surface area contributed by atoms with E-state index in [1.54, 1.807) is 0 Å². The maximum Gasteiger partial charge on any atom is 0.310 e. The molecule has 0 aromatic rings. The molecule has 0 aromatic heterocycles. The molecule has 5 nitrogen and oxygen atoms in total. The molecule has 168 valence electrons. The first kappa shape index (κ1) is 20.0. The van der Waals surface area contributed by atoms with Crippen LogP contribution in [0.5, 0.6) is 0 Å². The first-order chi connectivity index (χ1) is 14.6. The van der Waals surface area contributed by atoms with Crippen molar-refractivity contribution in [2.24, 2.45) is 23.2 Å². The summed E-state index contributed by atoms with van der Waals surface area (Å²) in [5.41, 5.74) is 0.457. The predicted molar refractivity (Wildman–Crippen MR) is 115 cm³/mol. The van der Waals surface area contributed by atoms with Gasteiger partial charge in [0.25, 0.3) is 0 Å². The van der Waals surface area contributed by atoms with E-state index in [1.165, 1.54) is 64.5 Å². The van der Waals surface area contributed by atoms with E-state index >= 15 is 0 Å². The van der Waals surface area contributed by atoms with Crippen molar-refractivity contribution in [3.8, 4) is 0 Å². The molecule has 5 heteroatoms. The Labute approximate surface area is 181 Å². The third-order valence-electron chi connectivity index (χ3n) is 10.00. The van der Waals surface area contributed by atoms with Gasteiger partial charge >= 0.3 is 5.97 Å². The van der Waals surface area contributed by atoms with Crippen LogP contribution in [0.2, 0.25) is 0 Å². The number of likely N-dealkylation sites (tertiary alicyclic amines) is 2. The van der Waals surface area contributed by atoms with Crippen LogP contribution >= 0.6 is 0 Å². The number of nitrogens with zero attached hydrogens (tertiary/aromatic N) is 2. The molecule has 2 saturated carbocycles. The molecule has 1 spiro atoms. The van der Waals surface area contributed by atoms with Gasteiger partial charge in [-0.2, -0.15) is 0 Å². The van der Waals surface area contributed by atoms with Crippen molar-refractivity contribution in [2.45, 2.75) is 88.9 Å². The lowest BCUT2D eigenvalue weighted by Crippen LogP contribution is -2.52. The van der Waals surface area contributed by atoms with Gasteiger partial charge in [0.05, 0.1) is 18.1 Å². The topological polar surface area (TPSA) is 45.3 Å². The van der Waals surface area contributed by atoms with Gasteiger partial charge in [-0.25, -0.2) is 0 Å². The first-order valence-corrected chi connectivity index (χ1v) is 12.9. The SMILES string of the molecule is C[C@]12CCCC3(CO3)C1C[C@@H]1C(CN3CCC(N4CCCCC4)CC3)C(=O)O[C@@H]1C2. The molecule has 6 aliphatic rings. The smallest absolute Gasteiger partial charge is 0.310 e. The molecule has 30 heavy (non-hydrogen) atoms. The summed E-state index contributed by atoms with van der Waals surface area (Å²) < 4.78 is 12.1. The van der Waals surface area contributed by atoms with Crippen LogP contribution < -0.4 is 0 Å². The highest BCUT2D eigenvalue weighted by Crippen LogP contribution is 2.62. The molecule has 4 heterocycles. The normalized spacial score (nSPS) is 47.7. The predicted octanol–water partition coefficient (Wildman–Crippen LogP) is 3.46. The van der Waals surface area contributed by atoms with E-state index < -0.39 is 0 Å². The largest absolute Gasteiger partial charge is 0.462 e. The Morgan fingerprint density at radius 1 is 1.03 bits per heavy atom. The Morgan fingerprint density at radius 3 is 2.53 bits per heavy atom. The van der Waals surface area contributed by atoms with Crippen molar-refractivity contribution in [2.75, 3.05) is 39.3 Å². The summed E-state index contributed by atoms with van der Waals surface area (Å²) in [6, 6.07) is 0.773. The lowest BCUT2D eigenvalue weighted by molar-refractivity contribution is -0.147. The fraction of sp³-hybridized carbons (Fsp3) is 0.960. The molecule has 3 unspecified atom stereocenters. The average Bonchev–Trinajstić information content (AvgIpc) is 3.46. The molecule has 0 aromatic carbocycles. The average molecular weight is 417 g/mol. The minimum atomic E-state index is 0.0869. The summed E-state index contributed by atoms with van der Waals surface area (Å²) in [6.45, 7) is 9.22. The highest BCUT2D eigenvalue weighted by Gasteiger charge is 2.65. The molecular weight excluding hydrogens is 376 g/mol. The van der Waals surface area contributed by atoms with E-state index in [0.717, 1.165) is 45.1 Å². The van der Waals surface area contributed by atoms with Crippen LogP contribution in [0.15, 0.2) is 0 Å². The van der Waals surface area contributed by atoms with Gasteiger partial charge in [0.1, 0.15) is 6.10 Å². The molecule has 0 bridgehead atoms. The minimum Gasteiger partial charge on any atom is -0.462 e. The van der Waals surface area contributed by atoms with Gasteiger partial charge in [-0.3, -0.25) is 4.79 Å². The molecule has 6 atom stereocenters. The number of fused-ring (bicyclic) bond motifs is 3. The number of piperidine rings is 2. The van der Waals surface area contributed by atoms with Crippen molar-refractivity contribution in [3.05, 3.63) is 0 Å². The Bertz CT molecular complexity index is 665. The van der Waals surface area contributed by atoms with Crippen molar-refractivity contribution in [3.63, 3.8) is 0 Å². The zero-order valence-corrected chi connectivity index (χ0v) is 18.8. The molecule has 0 N–H and O–H groups in total. The molecule has 0 radical (unpaired) electrons. The van der Waals surface area contributed by atoms with E-state index in [1.807, 2.05) is 0 Å². The van der Waals surface area contributed by atoms with Crippen LogP contribution in [-0.4, -0.2) is 72.8 Å². The van der Waals surface area contributed by atoms with Gasteiger partial charge in [-0.1, -0.05) is 13.3 Å². The summed E-state index contributed by atoms with van der Waals surface area (Å²) in [5, 5.41) is 0. The Hall–Kier alpha value is -0.650. The fourth-order valence-electron chi connectivity index (χ4n) is 8.19. The Balaban J connectivity index is 1.10. The highest BCUT2D eigenvalue weighted by atomic mass is 16.6. The van der Waals surface area contributed by atoms with Crippen LogP contribution in [0.3, 0.4) is 0 Å². The van der Waals surface area contributed by atoms with Crippen LogP contribution in [0, 0.1) is 23.2 Å². The summed E-state index contributed by atoms with van der Waals surface area (Å²) >= 11 is 0. The van der Waals surface area contributed by atoms with Crippen molar-refractivity contribution in [1.82, 2.24) is 9.80 Å². The number of carbonyl (C=O) groups excluding carboxylic acids is 1. The number of hydrogen-bond acceptors (Lipinski definition) is 5. The minimum absolute atomic E-state index is 0.0869. The fourth-order valence-corrected chi connectivity index (χ4v) is 8.19. The molecule has 6 fully saturated rings. The number of epoxide rings is 1. The zero-order chi connectivity index (χ0) is 20.3. The van der Waals surface area contributed by atoms with E-state index in [2.05, 4.69) is 16.7 Å². The number of esters is 1. The quantitative estimate of drug-likeness (QED) is 0.521. The van der Waals surface area contributed by atoms with Crippen LogP contribution in [0.4, 0.5) is 0 Å².